The fourth-order valence-electron chi connectivity index (χ4n) is 4.09. The molecule has 1 unspecified atom stereocenters. The number of aliphatic hydroxyl groups excluding tert-OH is 3. The van der Waals surface area contributed by atoms with Crippen molar-refractivity contribution in [3.63, 3.8) is 0 Å². The summed E-state index contributed by atoms with van der Waals surface area (Å²) in [5.41, 5.74) is 0.482. The van der Waals surface area contributed by atoms with Gasteiger partial charge in [0.1, 0.15) is 43.4 Å². The zero-order chi connectivity index (χ0) is 30.1. The molecule has 42 heavy (non-hydrogen) atoms. The second-order valence-corrected chi connectivity index (χ2v) is 9.34. The van der Waals surface area contributed by atoms with Gasteiger partial charge >= 0.3 is 17.8 Å². The molecule has 1 aliphatic heterocycles. The van der Waals surface area contributed by atoms with Crippen molar-refractivity contribution in [2.24, 2.45) is 0 Å². The van der Waals surface area contributed by atoms with Gasteiger partial charge in [0.15, 0.2) is 6.23 Å². The minimum Gasteiger partial charge on any atom is -0.459 e. The molecule has 2 heterocycles. The Morgan fingerprint density at radius 1 is 0.929 bits per heavy atom. The number of hydrogen-bond donors (Lipinski definition) is 5. The maximum Gasteiger partial charge on any atom is 0.408 e. The summed E-state index contributed by atoms with van der Waals surface area (Å²) in [4.78, 5) is 54.4. The number of alkyl carbamates (subject to hydrolysis) is 1. The van der Waals surface area contributed by atoms with Crippen molar-refractivity contribution in [2.75, 3.05) is 11.9 Å². The third kappa shape index (κ3) is 7.98. The van der Waals surface area contributed by atoms with Gasteiger partial charge in [0.2, 0.25) is 5.91 Å². The lowest BCUT2D eigenvalue weighted by Gasteiger charge is -2.18. The van der Waals surface area contributed by atoms with Crippen LogP contribution in [0.5, 0.6) is 0 Å². The Labute approximate surface area is 239 Å². The van der Waals surface area contributed by atoms with E-state index in [4.69, 9.17) is 14.2 Å². The molecule has 14 heteroatoms. The number of benzene rings is 2. The summed E-state index contributed by atoms with van der Waals surface area (Å²) < 4.78 is 16.7. The molecule has 3 aromatic rings. The molecule has 1 fully saturated rings. The van der Waals surface area contributed by atoms with Crippen LogP contribution >= 0.6 is 0 Å². The van der Waals surface area contributed by atoms with E-state index < -0.39 is 67.3 Å². The van der Waals surface area contributed by atoms with Crippen LogP contribution in [0.3, 0.4) is 0 Å². The fraction of sp³-hybridized carbons (Fsp3) is 0.321. The van der Waals surface area contributed by atoms with Gasteiger partial charge in [0, 0.05) is 6.20 Å². The standard InChI is InChI=1S/C28H30N4O10/c33-14-20-23(35)24(36)25(42-20)32-12-11-21(31-27(32)38)30-22(34)13-19(26(37)40-15-17-7-3-1-4-8-17)29-28(39)41-16-18-9-5-2-6-10-18/h1-12,19-20,23-25,33,35-36H,13-16H2,(H,29,39)(H,30,31,34,38)/t19-,20+,23?,24+,25+/m0/s1. The number of rotatable bonds is 11. The largest absolute Gasteiger partial charge is 0.459 e. The van der Waals surface area contributed by atoms with Crippen LogP contribution in [0.4, 0.5) is 10.6 Å². The van der Waals surface area contributed by atoms with Crippen molar-refractivity contribution in [1.29, 1.82) is 0 Å². The zero-order valence-corrected chi connectivity index (χ0v) is 22.2. The second-order valence-electron chi connectivity index (χ2n) is 9.34. The number of esters is 1. The third-order valence-corrected chi connectivity index (χ3v) is 6.29. The number of carbonyl (C=O) groups is 3. The number of nitrogens with zero attached hydrogens (tertiary/aromatic N) is 2. The number of aromatic nitrogens is 2. The molecule has 4 rings (SSSR count). The van der Waals surface area contributed by atoms with E-state index in [9.17, 15) is 34.5 Å². The molecule has 222 valence electrons. The molecule has 14 nitrogen and oxygen atoms in total. The summed E-state index contributed by atoms with van der Waals surface area (Å²) in [6.07, 6.45) is -5.68. The van der Waals surface area contributed by atoms with Crippen LogP contribution in [0, 0.1) is 0 Å². The van der Waals surface area contributed by atoms with Gasteiger partial charge in [-0.2, -0.15) is 4.98 Å². The maximum absolute atomic E-state index is 12.9. The first-order valence-electron chi connectivity index (χ1n) is 12.9. The van der Waals surface area contributed by atoms with Gasteiger partial charge in [0.05, 0.1) is 13.0 Å². The van der Waals surface area contributed by atoms with Crippen LogP contribution in [0.15, 0.2) is 77.7 Å². The van der Waals surface area contributed by atoms with E-state index in [1.54, 1.807) is 60.7 Å². The highest BCUT2D eigenvalue weighted by Gasteiger charge is 2.43. The number of ether oxygens (including phenoxy) is 3. The first kappa shape index (κ1) is 30.3. The predicted octanol–water partition coefficient (Wildman–Crippen LogP) is 0.222. The molecular weight excluding hydrogens is 552 g/mol. The second kappa shape index (κ2) is 14.3. The molecule has 0 radical (unpaired) electrons. The highest BCUT2D eigenvalue weighted by atomic mass is 16.6. The fourth-order valence-corrected chi connectivity index (χ4v) is 4.09. The predicted molar refractivity (Wildman–Crippen MR) is 145 cm³/mol. The van der Waals surface area contributed by atoms with Gasteiger partial charge in [-0.25, -0.2) is 14.4 Å². The number of nitrogens with one attached hydrogen (secondary N) is 2. The summed E-state index contributed by atoms with van der Waals surface area (Å²) in [5.74, 6) is -1.85. The summed E-state index contributed by atoms with van der Waals surface area (Å²) in [5, 5.41) is 34.1. The molecule has 2 aromatic carbocycles. The molecule has 5 atom stereocenters. The Kier molecular flexibility index (Phi) is 10.3. The molecule has 1 aliphatic rings. The van der Waals surface area contributed by atoms with Crippen molar-refractivity contribution in [1.82, 2.24) is 14.9 Å². The molecule has 1 aromatic heterocycles. The SMILES string of the molecule is O=C(C[C@H](NC(=O)OCc1ccccc1)C(=O)OCc1ccccc1)Nc1ccn([C@@H]2O[C@H](CO)C(O)[C@H]2O)c(=O)n1. The lowest BCUT2D eigenvalue weighted by molar-refractivity contribution is -0.148. The van der Waals surface area contributed by atoms with Crippen LogP contribution in [0.1, 0.15) is 23.8 Å². The topological polar surface area (TPSA) is 199 Å². The van der Waals surface area contributed by atoms with E-state index in [0.717, 1.165) is 4.57 Å². The van der Waals surface area contributed by atoms with Gasteiger partial charge in [-0.05, 0) is 17.2 Å². The Morgan fingerprint density at radius 3 is 2.12 bits per heavy atom. The monoisotopic (exact) mass is 582 g/mol. The van der Waals surface area contributed by atoms with Crippen molar-refractivity contribution in [3.05, 3.63) is 94.5 Å². The number of anilines is 1. The van der Waals surface area contributed by atoms with E-state index in [1.807, 2.05) is 0 Å². The van der Waals surface area contributed by atoms with Crippen molar-refractivity contribution >= 4 is 23.8 Å². The summed E-state index contributed by atoms with van der Waals surface area (Å²) >= 11 is 0. The van der Waals surface area contributed by atoms with Crippen molar-refractivity contribution in [3.8, 4) is 0 Å². The van der Waals surface area contributed by atoms with Crippen LogP contribution in [-0.2, 0) is 37.0 Å². The maximum atomic E-state index is 12.9. The van der Waals surface area contributed by atoms with E-state index in [1.165, 1.54) is 12.3 Å². The van der Waals surface area contributed by atoms with Crippen LogP contribution in [-0.4, -0.2) is 73.8 Å². The van der Waals surface area contributed by atoms with Crippen molar-refractivity contribution < 1.29 is 43.9 Å². The molecule has 5 N–H and O–H groups in total. The lowest BCUT2D eigenvalue weighted by Crippen LogP contribution is -2.44. The van der Waals surface area contributed by atoms with Gasteiger partial charge in [-0.3, -0.25) is 9.36 Å². The van der Waals surface area contributed by atoms with E-state index in [0.29, 0.717) is 11.1 Å². The Morgan fingerprint density at radius 2 is 1.55 bits per heavy atom. The summed E-state index contributed by atoms with van der Waals surface area (Å²) in [6.45, 7) is -0.743. The van der Waals surface area contributed by atoms with Crippen LogP contribution in [0.25, 0.3) is 0 Å². The zero-order valence-electron chi connectivity index (χ0n) is 22.2. The number of amides is 2. The van der Waals surface area contributed by atoms with Crippen molar-refractivity contribution in [2.45, 2.75) is 50.2 Å². The highest BCUT2D eigenvalue weighted by molar-refractivity contribution is 5.94. The molecule has 0 aliphatic carbocycles. The minimum atomic E-state index is -1.50. The van der Waals surface area contributed by atoms with Crippen LogP contribution < -0.4 is 16.3 Å². The van der Waals surface area contributed by atoms with Gasteiger partial charge < -0.3 is 40.2 Å². The Balaban J connectivity index is 1.40. The van der Waals surface area contributed by atoms with E-state index >= 15 is 0 Å². The highest BCUT2D eigenvalue weighted by Crippen LogP contribution is 2.28. The Bertz CT molecular complexity index is 1420. The quantitative estimate of drug-likeness (QED) is 0.194. The molecule has 0 saturated carbocycles. The average molecular weight is 583 g/mol. The normalized spacial score (nSPS) is 20.4. The van der Waals surface area contributed by atoms with E-state index in [2.05, 4.69) is 15.6 Å². The number of hydrogen-bond acceptors (Lipinski definition) is 11. The van der Waals surface area contributed by atoms with E-state index in [-0.39, 0.29) is 19.0 Å². The number of aliphatic hydroxyl groups is 3. The van der Waals surface area contributed by atoms with Gasteiger partial charge in [0.25, 0.3) is 0 Å². The lowest BCUT2D eigenvalue weighted by atomic mass is 10.1. The third-order valence-electron chi connectivity index (χ3n) is 6.29. The number of carbonyl (C=O) groups excluding carboxylic acids is 3. The van der Waals surface area contributed by atoms with Gasteiger partial charge in [-0.1, -0.05) is 60.7 Å². The minimum absolute atomic E-state index is 0.0691. The molecule has 0 bridgehead atoms. The molecule has 1 saturated heterocycles. The van der Waals surface area contributed by atoms with Gasteiger partial charge in [-0.15, -0.1) is 0 Å². The molecule has 2 amide bonds. The summed E-state index contributed by atoms with van der Waals surface area (Å²) in [7, 11) is 0. The first-order chi connectivity index (χ1) is 20.2. The average Bonchev–Trinajstić information content (AvgIpc) is 3.28. The first-order valence-corrected chi connectivity index (χ1v) is 12.9. The molecular formula is C28H30N4O10. The Hall–Kier alpha value is -4.63. The smallest absolute Gasteiger partial charge is 0.408 e. The summed E-state index contributed by atoms with van der Waals surface area (Å²) in [6, 6.07) is 17.5. The van der Waals surface area contributed by atoms with Crippen LogP contribution in [0.2, 0.25) is 0 Å². The molecule has 0 spiro atoms.